The lowest BCUT2D eigenvalue weighted by atomic mass is 10.00. The molecule has 2 aromatic rings. The van der Waals surface area contributed by atoms with Crippen LogP contribution in [0, 0.1) is 6.92 Å². The Morgan fingerprint density at radius 1 is 1.13 bits per heavy atom. The number of thiazole rings is 1. The van der Waals surface area contributed by atoms with Gasteiger partial charge in [-0.15, -0.1) is 11.3 Å². The maximum atomic E-state index is 5.72. The summed E-state index contributed by atoms with van der Waals surface area (Å²) >= 11 is 1.71. The van der Waals surface area contributed by atoms with Crippen molar-refractivity contribution in [3.63, 3.8) is 0 Å². The van der Waals surface area contributed by atoms with Crippen LogP contribution in [0.2, 0.25) is 0 Å². The van der Waals surface area contributed by atoms with Crippen LogP contribution < -0.4 is 19.9 Å². The molecule has 0 bridgehead atoms. The number of aromatic nitrogens is 1. The number of hydrogen-bond acceptors (Lipinski definition) is 6. The van der Waals surface area contributed by atoms with Gasteiger partial charge in [-0.3, -0.25) is 0 Å². The van der Waals surface area contributed by atoms with E-state index in [1.54, 1.807) is 32.7 Å². The monoisotopic (exact) mass is 336 g/mol. The van der Waals surface area contributed by atoms with Crippen LogP contribution in [0.4, 0.5) is 0 Å². The van der Waals surface area contributed by atoms with Crippen LogP contribution in [-0.2, 0) is 0 Å². The number of methoxy groups -OCH3 is 3. The summed E-state index contributed by atoms with van der Waals surface area (Å²) in [7, 11) is 4.84. The summed E-state index contributed by atoms with van der Waals surface area (Å²) < 4.78 is 16.4. The molecule has 0 saturated heterocycles. The fourth-order valence-electron chi connectivity index (χ4n) is 2.64. The lowest BCUT2D eigenvalue weighted by molar-refractivity contribution is 0.325. The highest BCUT2D eigenvalue weighted by atomic mass is 32.1. The average molecular weight is 336 g/mol. The molecule has 2 N–H and O–H groups in total. The van der Waals surface area contributed by atoms with E-state index < -0.39 is 0 Å². The first-order valence-corrected chi connectivity index (χ1v) is 8.35. The highest BCUT2D eigenvalue weighted by molar-refractivity contribution is 7.12. The molecule has 0 radical (unpaired) electrons. The van der Waals surface area contributed by atoms with Crippen molar-refractivity contribution in [1.82, 2.24) is 4.98 Å². The Balaban J connectivity index is 2.63. The van der Waals surface area contributed by atoms with E-state index >= 15 is 0 Å². The number of ether oxygens (including phenoxy) is 3. The van der Waals surface area contributed by atoms with Gasteiger partial charge in [0.15, 0.2) is 11.5 Å². The number of nitrogens with two attached hydrogens (primary N) is 1. The Hall–Kier alpha value is -1.79. The SMILES string of the molecule is COc1ccc(-c2nc(C)sc2C(C)CCN)c(OC)c1OC. The minimum atomic E-state index is 0.346. The van der Waals surface area contributed by atoms with E-state index in [1.165, 1.54) is 4.88 Å². The van der Waals surface area contributed by atoms with Crippen LogP contribution in [0.5, 0.6) is 17.2 Å². The number of benzene rings is 1. The van der Waals surface area contributed by atoms with Gasteiger partial charge < -0.3 is 19.9 Å². The second-order valence-electron chi connectivity index (χ2n) is 5.31. The molecule has 1 heterocycles. The van der Waals surface area contributed by atoms with Gasteiger partial charge in [-0.05, 0) is 37.9 Å². The van der Waals surface area contributed by atoms with Gasteiger partial charge in [0.2, 0.25) is 5.75 Å². The van der Waals surface area contributed by atoms with E-state index in [1.807, 2.05) is 19.1 Å². The molecule has 1 aromatic carbocycles. The summed E-state index contributed by atoms with van der Waals surface area (Å²) in [6, 6.07) is 3.84. The zero-order valence-electron chi connectivity index (χ0n) is 14.3. The smallest absolute Gasteiger partial charge is 0.203 e. The molecule has 0 saturated carbocycles. The average Bonchev–Trinajstić information content (AvgIpc) is 2.95. The number of aryl methyl sites for hydroxylation is 1. The van der Waals surface area contributed by atoms with Gasteiger partial charge in [0.05, 0.1) is 32.0 Å². The lowest BCUT2D eigenvalue weighted by Crippen LogP contribution is -2.04. The van der Waals surface area contributed by atoms with Gasteiger partial charge in [-0.2, -0.15) is 0 Å². The molecule has 0 aliphatic carbocycles. The van der Waals surface area contributed by atoms with Gasteiger partial charge >= 0.3 is 0 Å². The van der Waals surface area contributed by atoms with Crippen molar-refractivity contribution < 1.29 is 14.2 Å². The second kappa shape index (κ2) is 7.66. The van der Waals surface area contributed by atoms with Crippen molar-refractivity contribution in [1.29, 1.82) is 0 Å². The molecule has 0 spiro atoms. The van der Waals surface area contributed by atoms with Crippen LogP contribution in [0.15, 0.2) is 12.1 Å². The first kappa shape index (κ1) is 17.6. The molecule has 0 fully saturated rings. The number of hydrogen-bond donors (Lipinski definition) is 1. The fraction of sp³-hybridized carbons (Fsp3) is 0.471. The van der Waals surface area contributed by atoms with Crippen molar-refractivity contribution in [2.75, 3.05) is 27.9 Å². The largest absolute Gasteiger partial charge is 0.493 e. The Labute approximate surface area is 141 Å². The molecular weight excluding hydrogens is 312 g/mol. The highest BCUT2D eigenvalue weighted by Crippen LogP contribution is 2.46. The minimum Gasteiger partial charge on any atom is -0.493 e. The van der Waals surface area contributed by atoms with Crippen molar-refractivity contribution in [2.45, 2.75) is 26.2 Å². The van der Waals surface area contributed by atoms with Crippen LogP contribution in [0.25, 0.3) is 11.3 Å². The number of nitrogens with zero attached hydrogens (tertiary/aromatic N) is 1. The van der Waals surface area contributed by atoms with Crippen molar-refractivity contribution in [3.8, 4) is 28.5 Å². The first-order chi connectivity index (χ1) is 11.1. The minimum absolute atomic E-state index is 0.346. The lowest BCUT2D eigenvalue weighted by Gasteiger charge is -2.16. The quantitative estimate of drug-likeness (QED) is 0.837. The van der Waals surface area contributed by atoms with E-state index in [-0.39, 0.29) is 0 Å². The van der Waals surface area contributed by atoms with Crippen molar-refractivity contribution in [2.24, 2.45) is 5.73 Å². The Bertz CT molecular complexity index is 670. The van der Waals surface area contributed by atoms with Crippen LogP contribution in [0.3, 0.4) is 0 Å². The molecule has 1 aromatic heterocycles. The number of rotatable bonds is 7. The van der Waals surface area contributed by atoms with Crippen LogP contribution in [-0.4, -0.2) is 32.9 Å². The Kier molecular flexibility index (Phi) is 5.85. The van der Waals surface area contributed by atoms with Crippen LogP contribution >= 0.6 is 11.3 Å². The molecule has 126 valence electrons. The van der Waals surface area contributed by atoms with E-state index in [2.05, 4.69) is 6.92 Å². The predicted octanol–water partition coefficient (Wildman–Crippen LogP) is 3.60. The van der Waals surface area contributed by atoms with E-state index in [0.29, 0.717) is 29.7 Å². The summed E-state index contributed by atoms with van der Waals surface area (Å²) in [5.74, 6) is 2.20. The topological polar surface area (TPSA) is 66.6 Å². The Morgan fingerprint density at radius 3 is 2.39 bits per heavy atom. The third kappa shape index (κ3) is 3.43. The van der Waals surface area contributed by atoms with E-state index in [9.17, 15) is 0 Å². The van der Waals surface area contributed by atoms with Gasteiger partial charge in [0.1, 0.15) is 0 Å². The summed E-state index contributed by atoms with van der Waals surface area (Å²) in [6.45, 7) is 4.84. The predicted molar refractivity (Wildman–Crippen MR) is 94.0 cm³/mol. The molecule has 0 aliphatic rings. The molecule has 23 heavy (non-hydrogen) atoms. The Morgan fingerprint density at radius 2 is 1.83 bits per heavy atom. The molecule has 2 rings (SSSR count). The molecule has 1 unspecified atom stereocenters. The molecule has 0 aliphatic heterocycles. The summed E-state index contributed by atoms with van der Waals surface area (Å²) in [5, 5.41) is 1.02. The molecule has 6 heteroatoms. The van der Waals surface area contributed by atoms with Gasteiger partial charge in [-0.1, -0.05) is 6.92 Å². The van der Waals surface area contributed by atoms with Gasteiger partial charge in [-0.25, -0.2) is 4.98 Å². The molecule has 5 nitrogen and oxygen atoms in total. The first-order valence-electron chi connectivity index (χ1n) is 7.54. The highest BCUT2D eigenvalue weighted by Gasteiger charge is 2.23. The fourth-order valence-corrected chi connectivity index (χ4v) is 3.67. The standard InChI is InChI=1S/C17H24N2O3S/c1-10(8-9-18)17-14(19-11(2)23-17)12-6-7-13(20-3)16(22-5)15(12)21-4/h6-7,10H,8-9,18H2,1-5H3. The third-order valence-electron chi connectivity index (χ3n) is 3.77. The zero-order chi connectivity index (χ0) is 17.0. The van der Waals surface area contributed by atoms with E-state index in [4.69, 9.17) is 24.9 Å². The second-order valence-corrected chi connectivity index (χ2v) is 6.54. The summed E-state index contributed by atoms with van der Waals surface area (Å²) in [5.41, 5.74) is 7.57. The van der Waals surface area contributed by atoms with Crippen molar-refractivity contribution >= 4 is 11.3 Å². The van der Waals surface area contributed by atoms with Gasteiger partial charge in [0.25, 0.3) is 0 Å². The summed E-state index contributed by atoms with van der Waals surface area (Å²) in [4.78, 5) is 5.95. The zero-order valence-corrected chi connectivity index (χ0v) is 15.1. The maximum absolute atomic E-state index is 5.72. The van der Waals surface area contributed by atoms with Crippen molar-refractivity contribution in [3.05, 3.63) is 22.0 Å². The molecular formula is C17H24N2O3S. The van der Waals surface area contributed by atoms with Gasteiger partial charge in [0, 0.05) is 10.4 Å². The summed E-state index contributed by atoms with van der Waals surface area (Å²) in [6.07, 6.45) is 0.921. The van der Waals surface area contributed by atoms with Crippen LogP contribution in [0.1, 0.15) is 29.1 Å². The maximum Gasteiger partial charge on any atom is 0.203 e. The molecule has 1 atom stereocenters. The normalized spacial score (nSPS) is 12.1. The third-order valence-corrected chi connectivity index (χ3v) is 4.97. The van der Waals surface area contributed by atoms with E-state index in [0.717, 1.165) is 22.7 Å². The molecule has 0 amide bonds.